The lowest BCUT2D eigenvalue weighted by atomic mass is 10.1. The Balaban J connectivity index is 1.68. The van der Waals surface area contributed by atoms with Gasteiger partial charge in [-0.3, -0.25) is 0 Å². The largest absolute Gasteiger partial charge is 0.356 e. The zero-order chi connectivity index (χ0) is 19.8. The van der Waals surface area contributed by atoms with Crippen molar-refractivity contribution < 1.29 is 9.05 Å². The third kappa shape index (κ3) is 3.73. The van der Waals surface area contributed by atoms with Crippen LogP contribution in [-0.2, 0) is 0 Å². The van der Waals surface area contributed by atoms with Crippen molar-refractivity contribution in [2.75, 3.05) is 0 Å². The predicted molar refractivity (Wildman–Crippen MR) is 110 cm³/mol. The predicted octanol–water partition coefficient (Wildman–Crippen LogP) is 7.50. The minimum absolute atomic E-state index is 0.0926. The fraction of sp³-hybridized carbons (Fsp3) is 0.0556. The van der Waals surface area contributed by atoms with Gasteiger partial charge >= 0.3 is 0 Å². The third-order valence-corrected chi connectivity index (χ3v) is 5.17. The van der Waals surface area contributed by atoms with E-state index in [0.29, 0.717) is 43.2 Å². The summed E-state index contributed by atoms with van der Waals surface area (Å²) in [7, 11) is 0. The van der Waals surface area contributed by atoms with Gasteiger partial charge in [-0.25, -0.2) is 0 Å². The van der Waals surface area contributed by atoms with E-state index in [1.54, 1.807) is 42.5 Å². The first-order chi connectivity index (χ1) is 13.4. The summed E-state index contributed by atoms with van der Waals surface area (Å²) in [6, 6.07) is 12.2. The third-order valence-electron chi connectivity index (χ3n) is 3.85. The summed E-state index contributed by atoms with van der Waals surface area (Å²) in [4.78, 5) is 3.20. The monoisotopic (exact) mass is 473 g/mol. The first-order valence-corrected chi connectivity index (χ1v) is 9.78. The normalized spacial score (nSPS) is 11.4. The average molecular weight is 476 g/mol. The Morgan fingerprint density at radius 1 is 0.821 bits per heavy atom. The summed E-state index contributed by atoms with van der Waals surface area (Å²) in [5, 5.41) is 9.23. The number of hydrogen-bond donors (Lipinski definition) is 0. The molecule has 28 heavy (non-hydrogen) atoms. The minimum Gasteiger partial charge on any atom is -0.356 e. The van der Waals surface area contributed by atoms with Crippen molar-refractivity contribution in [3.63, 3.8) is 0 Å². The second kappa shape index (κ2) is 7.93. The molecule has 2 heterocycles. The molecule has 0 aliphatic carbocycles. The van der Waals surface area contributed by atoms with Gasteiger partial charge in [0.2, 0.25) is 5.82 Å². The summed E-state index contributed by atoms with van der Waals surface area (Å²) in [6.07, 6.45) is 0. The molecule has 0 aliphatic heterocycles. The van der Waals surface area contributed by atoms with E-state index in [4.69, 9.17) is 67.1 Å². The van der Waals surface area contributed by atoms with E-state index in [1.807, 2.05) is 0 Å². The number of halogens is 5. The molecule has 4 aromatic rings. The van der Waals surface area contributed by atoms with E-state index >= 15 is 0 Å². The maximum atomic E-state index is 6.38. The van der Waals surface area contributed by atoms with Gasteiger partial charge in [-0.05, 0) is 24.3 Å². The first kappa shape index (κ1) is 19.6. The molecule has 10 heteroatoms. The standard InChI is InChI=1S/C18H8Cl5N3O2/c19-10-2-1-3-11(20)15(10)13-7-14(27-25-13)8-4-5-9(12(21)6-8)17-24-18(16(22)23)28-26-17/h1-7,16H. The lowest BCUT2D eigenvalue weighted by molar-refractivity contribution is 0.389. The molecule has 0 fully saturated rings. The Kier molecular flexibility index (Phi) is 5.54. The van der Waals surface area contributed by atoms with Crippen LogP contribution in [0.15, 0.2) is 51.5 Å². The fourth-order valence-corrected chi connectivity index (χ4v) is 3.59. The van der Waals surface area contributed by atoms with Gasteiger partial charge in [0.25, 0.3) is 5.89 Å². The number of aromatic nitrogens is 3. The Morgan fingerprint density at radius 3 is 2.21 bits per heavy atom. The zero-order valence-corrected chi connectivity index (χ0v) is 17.4. The topological polar surface area (TPSA) is 65.0 Å². The lowest BCUT2D eigenvalue weighted by Gasteiger charge is -2.02. The SMILES string of the molecule is Clc1cc(-c2cc(-c3c(Cl)cccc3Cl)no2)ccc1-c1noc(C(Cl)Cl)n1. The highest BCUT2D eigenvalue weighted by atomic mass is 35.5. The van der Waals surface area contributed by atoms with Crippen LogP contribution >= 0.6 is 58.0 Å². The molecule has 0 atom stereocenters. The van der Waals surface area contributed by atoms with Crippen LogP contribution in [0.5, 0.6) is 0 Å². The highest BCUT2D eigenvalue weighted by molar-refractivity contribution is 6.43. The van der Waals surface area contributed by atoms with Gasteiger partial charge in [0.1, 0.15) is 5.69 Å². The van der Waals surface area contributed by atoms with Gasteiger partial charge in [-0.2, -0.15) is 4.98 Å². The van der Waals surface area contributed by atoms with E-state index < -0.39 is 4.84 Å². The molecule has 142 valence electrons. The van der Waals surface area contributed by atoms with Crippen LogP contribution < -0.4 is 0 Å². The summed E-state index contributed by atoms with van der Waals surface area (Å²) in [6.45, 7) is 0. The Bertz CT molecular complexity index is 1140. The van der Waals surface area contributed by atoms with Gasteiger partial charge in [0, 0.05) is 22.8 Å². The van der Waals surface area contributed by atoms with Gasteiger partial charge in [-0.15, -0.1) is 0 Å². The quantitative estimate of drug-likeness (QED) is 0.286. The van der Waals surface area contributed by atoms with Crippen molar-refractivity contribution in [2.45, 2.75) is 4.84 Å². The van der Waals surface area contributed by atoms with Crippen LogP contribution in [0.25, 0.3) is 34.0 Å². The molecule has 2 aromatic carbocycles. The molecule has 4 rings (SSSR count). The van der Waals surface area contributed by atoms with Crippen LogP contribution in [-0.4, -0.2) is 15.3 Å². The van der Waals surface area contributed by atoms with Gasteiger partial charge in [0.15, 0.2) is 10.6 Å². The number of alkyl halides is 2. The van der Waals surface area contributed by atoms with Crippen molar-refractivity contribution >= 4 is 58.0 Å². The fourth-order valence-electron chi connectivity index (χ4n) is 2.55. The van der Waals surface area contributed by atoms with E-state index in [-0.39, 0.29) is 11.7 Å². The molecule has 0 saturated carbocycles. The molecule has 0 radical (unpaired) electrons. The second-order valence-corrected chi connectivity index (χ2v) is 7.94. The highest BCUT2D eigenvalue weighted by Crippen LogP contribution is 2.37. The molecular formula is C18H8Cl5N3O2. The molecule has 5 nitrogen and oxygen atoms in total. The molecule has 0 saturated heterocycles. The molecule has 0 aliphatic rings. The number of rotatable bonds is 4. The van der Waals surface area contributed by atoms with E-state index in [0.717, 1.165) is 0 Å². The summed E-state index contributed by atoms with van der Waals surface area (Å²) in [5.41, 5.74) is 2.37. The molecule has 0 N–H and O–H groups in total. The van der Waals surface area contributed by atoms with Crippen LogP contribution in [0, 0.1) is 0 Å². The van der Waals surface area contributed by atoms with Crippen LogP contribution in [0.3, 0.4) is 0 Å². The van der Waals surface area contributed by atoms with Gasteiger partial charge in [-0.1, -0.05) is 80.5 Å². The second-order valence-electron chi connectivity index (χ2n) is 5.62. The van der Waals surface area contributed by atoms with E-state index in [1.165, 1.54) is 0 Å². The van der Waals surface area contributed by atoms with E-state index in [9.17, 15) is 0 Å². The van der Waals surface area contributed by atoms with Crippen LogP contribution in [0.4, 0.5) is 0 Å². The van der Waals surface area contributed by atoms with Crippen molar-refractivity contribution in [1.82, 2.24) is 15.3 Å². The summed E-state index contributed by atoms with van der Waals surface area (Å²) >= 11 is 30.3. The number of nitrogens with zero attached hydrogens (tertiary/aromatic N) is 3. The van der Waals surface area contributed by atoms with Gasteiger partial charge < -0.3 is 9.05 Å². The van der Waals surface area contributed by atoms with Gasteiger partial charge in [0.05, 0.1) is 15.1 Å². The maximum absolute atomic E-state index is 6.38. The summed E-state index contributed by atoms with van der Waals surface area (Å²) < 4.78 is 10.4. The number of benzene rings is 2. The molecule has 0 amide bonds. The highest BCUT2D eigenvalue weighted by Gasteiger charge is 2.18. The molecule has 0 unspecified atom stereocenters. The smallest absolute Gasteiger partial charge is 0.260 e. The summed E-state index contributed by atoms with van der Waals surface area (Å²) in [5.74, 6) is 0.865. The zero-order valence-electron chi connectivity index (χ0n) is 13.7. The lowest BCUT2D eigenvalue weighted by Crippen LogP contribution is -1.85. The Morgan fingerprint density at radius 2 is 1.57 bits per heavy atom. The minimum atomic E-state index is -0.913. The molecular weight excluding hydrogens is 467 g/mol. The maximum Gasteiger partial charge on any atom is 0.260 e. The van der Waals surface area contributed by atoms with Crippen molar-refractivity contribution in [1.29, 1.82) is 0 Å². The Hall–Kier alpha value is -1.76. The molecule has 2 aromatic heterocycles. The molecule has 0 bridgehead atoms. The van der Waals surface area contributed by atoms with E-state index in [2.05, 4.69) is 15.3 Å². The van der Waals surface area contributed by atoms with Crippen molar-refractivity contribution in [3.05, 3.63) is 63.4 Å². The number of hydrogen-bond acceptors (Lipinski definition) is 5. The molecule has 0 spiro atoms. The first-order valence-electron chi connectivity index (χ1n) is 7.77. The van der Waals surface area contributed by atoms with Crippen molar-refractivity contribution in [3.8, 4) is 34.0 Å². The van der Waals surface area contributed by atoms with Crippen LogP contribution in [0.1, 0.15) is 10.7 Å². The average Bonchev–Trinajstić information content (AvgIpc) is 3.31. The van der Waals surface area contributed by atoms with Crippen LogP contribution in [0.2, 0.25) is 15.1 Å². The van der Waals surface area contributed by atoms with Crippen molar-refractivity contribution in [2.24, 2.45) is 0 Å². The Labute approximate surface area is 184 Å².